The third-order valence-corrected chi connectivity index (χ3v) is 2.94. The third-order valence-electron chi connectivity index (χ3n) is 2.94. The van der Waals surface area contributed by atoms with Crippen LogP contribution in [0.1, 0.15) is 12.5 Å². The van der Waals surface area contributed by atoms with Crippen molar-refractivity contribution in [3.05, 3.63) is 54.0 Å². The first-order chi connectivity index (χ1) is 9.09. The van der Waals surface area contributed by atoms with Crippen molar-refractivity contribution < 1.29 is 4.39 Å². The zero-order chi connectivity index (χ0) is 13.8. The second-order valence-electron chi connectivity index (χ2n) is 4.68. The van der Waals surface area contributed by atoms with Crippen molar-refractivity contribution in [2.45, 2.75) is 19.4 Å². The Hall–Kier alpha value is -1.94. The molecule has 1 aromatic carbocycles. The van der Waals surface area contributed by atoms with Crippen LogP contribution in [0, 0.1) is 5.82 Å². The molecule has 19 heavy (non-hydrogen) atoms. The molecule has 0 amide bonds. The van der Waals surface area contributed by atoms with Crippen LogP contribution in [0.5, 0.6) is 0 Å². The molecule has 2 N–H and O–H groups in total. The van der Waals surface area contributed by atoms with Gasteiger partial charge in [-0.15, -0.1) is 0 Å². The van der Waals surface area contributed by atoms with Gasteiger partial charge in [-0.2, -0.15) is 0 Å². The van der Waals surface area contributed by atoms with Crippen LogP contribution in [-0.2, 0) is 6.42 Å². The second kappa shape index (κ2) is 5.80. The number of halogens is 1. The Bertz CT molecular complexity index is 555. The van der Waals surface area contributed by atoms with Crippen molar-refractivity contribution >= 4 is 11.5 Å². The Morgan fingerprint density at radius 2 is 2.00 bits per heavy atom. The molecule has 1 heterocycles. The number of aromatic nitrogens is 1. The first-order valence-electron chi connectivity index (χ1n) is 6.27. The summed E-state index contributed by atoms with van der Waals surface area (Å²) in [5.74, 6) is 0.479. The smallest absolute Gasteiger partial charge is 0.146 e. The molecule has 2 rings (SSSR count). The Balaban J connectivity index is 2.39. The Morgan fingerprint density at radius 3 is 2.68 bits per heavy atom. The van der Waals surface area contributed by atoms with Gasteiger partial charge in [0.05, 0.1) is 5.69 Å². The van der Waals surface area contributed by atoms with Crippen LogP contribution in [0.25, 0.3) is 0 Å². The number of hydrogen-bond donors (Lipinski definition) is 1. The van der Waals surface area contributed by atoms with E-state index >= 15 is 0 Å². The molecule has 0 aliphatic heterocycles. The Kier molecular flexibility index (Phi) is 4.12. The largest absolute Gasteiger partial charge is 0.328 e. The van der Waals surface area contributed by atoms with E-state index in [0.29, 0.717) is 12.1 Å². The van der Waals surface area contributed by atoms with Crippen molar-refractivity contribution in [3.63, 3.8) is 0 Å². The number of rotatable bonds is 4. The molecule has 0 aliphatic carbocycles. The molecule has 2 aromatic rings. The summed E-state index contributed by atoms with van der Waals surface area (Å²) >= 11 is 0. The summed E-state index contributed by atoms with van der Waals surface area (Å²) in [6.45, 7) is 1.94. The summed E-state index contributed by atoms with van der Waals surface area (Å²) in [6.07, 6.45) is 2.42. The fourth-order valence-electron chi connectivity index (χ4n) is 2.08. The maximum Gasteiger partial charge on any atom is 0.146 e. The lowest BCUT2D eigenvalue weighted by molar-refractivity contribution is 0.627. The lowest BCUT2D eigenvalue weighted by atomic mass is 10.1. The van der Waals surface area contributed by atoms with E-state index in [1.807, 2.05) is 32.2 Å². The van der Waals surface area contributed by atoms with Gasteiger partial charge in [0.2, 0.25) is 0 Å². The minimum atomic E-state index is -0.262. The highest BCUT2D eigenvalue weighted by atomic mass is 19.1. The highest BCUT2D eigenvalue weighted by molar-refractivity contribution is 5.62. The molecule has 3 nitrogen and oxygen atoms in total. The molecule has 0 saturated heterocycles. The molecule has 0 bridgehead atoms. The Labute approximate surface area is 112 Å². The van der Waals surface area contributed by atoms with Crippen molar-refractivity contribution in [2.75, 3.05) is 11.9 Å². The molecular weight excluding hydrogens is 241 g/mol. The molecule has 0 fully saturated rings. The number of anilines is 2. The van der Waals surface area contributed by atoms with Gasteiger partial charge in [-0.1, -0.05) is 18.2 Å². The normalized spacial score (nSPS) is 12.2. The summed E-state index contributed by atoms with van der Waals surface area (Å²) in [4.78, 5) is 6.11. The molecule has 100 valence electrons. The van der Waals surface area contributed by atoms with E-state index in [9.17, 15) is 4.39 Å². The highest BCUT2D eigenvalue weighted by Gasteiger charge is 2.14. The monoisotopic (exact) mass is 259 g/mol. The molecular formula is C15H18FN3. The Morgan fingerprint density at radius 1 is 1.26 bits per heavy atom. The molecule has 1 atom stereocenters. The van der Waals surface area contributed by atoms with Gasteiger partial charge in [-0.05, 0) is 37.1 Å². The van der Waals surface area contributed by atoms with Crippen molar-refractivity contribution in [1.29, 1.82) is 0 Å². The first-order valence-corrected chi connectivity index (χ1v) is 6.27. The van der Waals surface area contributed by atoms with E-state index in [4.69, 9.17) is 5.73 Å². The molecule has 1 unspecified atom stereocenters. The molecule has 0 saturated carbocycles. The predicted molar refractivity (Wildman–Crippen MR) is 76.1 cm³/mol. The van der Waals surface area contributed by atoms with Gasteiger partial charge in [0, 0.05) is 19.3 Å². The number of benzene rings is 1. The molecule has 0 spiro atoms. The van der Waals surface area contributed by atoms with Gasteiger partial charge >= 0.3 is 0 Å². The van der Waals surface area contributed by atoms with Crippen LogP contribution in [0.4, 0.5) is 15.9 Å². The number of nitrogens with zero attached hydrogens (tertiary/aromatic N) is 2. The molecule has 4 heteroatoms. The number of nitrogens with two attached hydrogens (primary N) is 1. The van der Waals surface area contributed by atoms with E-state index in [2.05, 4.69) is 4.98 Å². The first kappa shape index (κ1) is 13.5. The molecule has 0 radical (unpaired) electrons. The van der Waals surface area contributed by atoms with E-state index in [1.165, 1.54) is 6.07 Å². The minimum Gasteiger partial charge on any atom is -0.328 e. The fraction of sp³-hybridized carbons (Fsp3) is 0.267. The van der Waals surface area contributed by atoms with E-state index in [1.54, 1.807) is 23.2 Å². The lowest BCUT2D eigenvalue weighted by Gasteiger charge is -2.22. The average Bonchev–Trinajstić information content (AvgIpc) is 2.38. The number of para-hydroxylation sites is 1. The SMILES string of the molecule is CC(N)Cc1cccnc1N(C)c1ccccc1F. The predicted octanol–water partition coefficient (Wildman–Crippen LogP) is 2.88. The summed E-state index contributed by atoms with van der Waals surface area (Å²) in [5.41, 5.74) is 7.37. The average molecular weight is 259 g/mol. The fourth-order valence-corrected chi connectivity index (χ4v) is 2.08. The summed E-state index contributed by atoms with van der Waals surface area (Å²) in [6, 6.07) is 10.5. The summed E-state index contributed by atoms with van der Waals surface area (Å²) < 4.78 is 13.8. The van der Waals surface area contributed by atoms with Gasteiger partial charge in [0.25, 0.3) is 0 Å². The second-order valence-corrected chi connectivity index (χ2v) is 4.68. The van der Waals surface area contributed by atoms with Crippen molar-refractivity contribution in [3.8, 4) is 0 Å². The van der Waals surface area contributed by atoms with Crippen molar-refractivity contribution in [2.24, 2.45) is 5.73 Å². The van der Waals surface area contributed by atoms with Crippen LogP contribution in [0.3, 0.4) is 0 Å². The van der Waals surface area contributed by atoms with Gasteiger partial charge in [0.15, 0.2) is 0 Å². The van der Waals surface area contributed by atoms with Gasteiger partial charge in [0.1, 0.15) is 11.6 Å². The highest BCUT2D eigenvalue weighted by Crippen LogP contribution is 2.27. The van der Waals surface area contributed by atoms with Crippen LogP contribution in [0.2, 0.25) is 0 Å². The zero-order valence-corrected chi connectivity index (χ0v) is 11.2. The molecule has 1 aromatic heterocycles. The maximum atomic E-state index is 13.8. The maximum absolute atomic E-state index is 13.8. The summed E-state index contributed by atoms with van der Waals surface area (Å²) in [5, 5.41) is 0. The van der Waals surface area contributed by atoms with Crippen LogP contribution < -0.4 is 10.6 Å². The van der Waals surface area contributed by atoms with Gasteiger partial charge in [-0.3, -0.25) is 0 Å². The number of pyridine rings is 1. The van der Waals surface area contributed by atoms with Crippen LogP contribution in [-0.4, -0.2) is 18.1 Å². The van der Waals surface area contributed by atoms with E-state index < -0.39 is 0 Å². The van der Waals surface area contributed by atoms with Gasteiger partial charge in [-0.25, -0.2) is 9.37 Å². The lowest BCUT2D eigenvalue weighted by Crippen LogP contribution is -2.21. The molecule has 0 aliphatic rings. The van der Waals surface area contributed by atoms with Crippen LogP contribution in [0.15, 0.2) is 42.6 Å². The topological polar surface area (TPSA) is 42.1 Å². The zero-order valence-electron chi connectivity index (χ0n) is 11.2. The van der Waals surface area contributed by atoms with Crippen LogP contribution >= 0.6 is 0 Å². The van der Waals surface area contributed by atoms with Crippen molar-refractivity contribution in [1.82, 2.24) is 4.98 Å². The minimum absolute atomic E-state index is 0.0389. The van der Waals surface area contributed by atoms with E-state index in [0.717, 1.165) is 11.4 Å². The standard InChI is InChI=1S/C15H18FN3/c1-11(17)10-12-6-5-9-18-15(12)19(2)14-8-4-3-7-13(14)16/h3-9,11H,10,17H2,1-2H3. The number of hydrogen-bond acceptors (Lipinski definition) is 3. The summed E-state index contributed by atoms with van der Waals surface area (Å²) in [7, 11) is 1.81. The van der Waals surface area contributed by atoms with E-state index in [-0.39, 0.29) is 11.9 Å². The van der Waals surface area contributed by atoms with Gasteiger partial charge < -0.3 is 10.6 Å². The quantitative estimate of drug-likeness (QED) is 0.918. The third kappa shape index (κ3) is 3.09.